The van der Waals surface area contributed by atoms with Crippen molar-refractivity contribution in [3.8, 4) is 22.8 Å². The van der Waals surface area contributed by atoms with Crippen molar-refractivity contribution in [2.24, 2.45) is 0 Å². The second-order valence-electron chi connectivity index (χ2n) is 21.6. The molecule has 0 saturated carbocycles. The first kappa shape index (κ1) is 64.0. The van der Waals surface area contributed by atoms with Crippen molar-refractivity contribution >= 4 is 52.2 Å². The van der Waals surface area contributed by atoms with E-state index >= 15 is 0 Å². The van der Waals surface area contributed by atoms with Crippen molar-refractivity contribution in [1.29, 1.82) is 0 Å². The third-order valence-corrected chi connectivity index (χ3v) is 15.6. The highest BCUT2D eigenvalue weighted by atomic mass is 15.3. The number of aryl methyl sites for hydroxylation is 1. The third kappa shape index (κ3) is 17.3. The van der Waals surface area contributed by atoms with Crippen LogP contribution in [0.1, 0.15) is 140 Å². The van der Waals surface area contributed by atoms with Crippen molar-refractivity contribution in [3.05, 3.63) is 271 Å². The first-order chi connectivity index (χ1) is 41.4. The summed E-state index contributed by atoms with van der Waals surface area (Å²) >= 11 is 0. The van der Waals surface area contributed by atoms with Crippen molar-refractivity contribution < 1.29 is 0 Å². The van der Waals surface area contributed by atoms with Gasteiger partial charge in [0.1, 0.15) is 0 Å². The fourth-order valence-corrected chi connectivity index (χ4v) is 9.36. The monoisotopic (exact) mass is 1140 g/mol. The highest BCUT2D eigenvalue weighted by Gasteiger charge is 2.24. The molecule has 4 atom stereocenters. The van der Waals surface area contributed by atoms with E-state index in [-0.39, 0.29) is 7.43 Å². The smallest absolute Gasteiger partial charge is 0.240 e. The maximum atomic E-state index is 5.13. The molecule has 440 valence electrons. The SMILES string of the molecule is C.C=CC(=C)N(c1ccc(C(C)CC)cc1)c1nc(-c2ccccc2)nc(N(c2ccccc2)c2ccc(C(C)CC)cc2)n1.CCC(C)c1ccc(Nc2nc(Nc3ccc(C(C)CC)cc3)nc(-c3ccccc3)n2)cc1.Cc1ccccc1. The molecule has 0 aliphatic rings. The van der Waals surface area contributed by atoms with Crippen LogP contribution >= 0.6 is 0 Å². The molecule has 2 heterocycles. The van der Waals surface area contributed by atoms with E-state index in [0.717, 1.165) is 65.2 Å². The molecular weight excluding hydrogens is 1050 g/mol. The zero-order valence-corrected chi connectivity index (χ0v) is 51.0. The second kappa shape index (κ2) is 31.9. The van der Waals surface area contributed by atoms with E-state index in [2.05, 4.69) is 227 Å². The molecule has 0 radical (unpaired) electrons. The Morgan fingerprint density at radius 2 is 0.744 bits per heavy atom. The van der Waals surface area contributed by atoms with Gasteiger partial charge in [0.2, 0.25) is 23.8 Å². The Balaban J connectivity index is 0.000000223. The van der Waals surface area contributed by atoms with Gasteiger partial charge in [-0.25, -0.2) is 0 Å². The fourth-order valence-electron chi connectivity index (χ4n) is 9.36. The molecule has 8 aromatic carbocycles. The third-order valence-electron chi connectivity index (χ3n) is 15.6. The molecule has 0 amide bonds. The van der Waals surface area contributed by atoms with Gasteiger partial charge in [-0.1, -0.05) is 239 Å². The van der Waals surface area contributed by atoms with Crippen molar-refractivity contribution in [2.45, 2.75) is 119 Å². The minimum absolute atomic E-state index is 0. The molecule has 4 unspecified atom stereocenters. The lowest BCUT2D eigenvalue weighted by Gasteiger charge is -2.27. The molecule has 2 N–H and O–H groups in total. The number of aromatic nitrogens is 6. The zero-order chi connectivity index (χ0) is 60.1. The fraction of sp³-hybridized carbons (Fsp3) is 0.237. The maximum absolute atomic E-state index is 5.13. The number of hydrogen-bond donors (Lipinski definition) is 2. The lowest BCUT2D eigenvalue weighted by Crippen LogP contribution is -2.21. The summed E-state index contributed by atoms with van der Waals surface area (Å²) in [5.74, 6) is 5.20. The summed E-state index contributed by atoms with van der Waals surface area (Å²) in [6.07, 6.45) is 6.13. The summed E-state index contributed by atoms with van der Waals surface area (Å²) in [7, 11) is 0. The summed E-state index contributed by atoms with van der Waals surface area (Å²) in [5, 5.41) is 6.71. The van der Waals surface area contributed by atoms with Crippen molar-refractivity contribution in [2.75, 3.05) is 20.4 Å². The van der Waals surface area contributed by atoms with Crippen LogP contribution in [0.15, 0.2) is 243 Å². The van der Waals surface area contributed by atoms with Crippen LogP contribution < -0.4 is 20.4 Å². The van der Waals surface area contributed by atoms with Gasteiger partial charge in [0, 0.05) is 45.3 Å². The highest BCUT2D eigenvalue weighted by molar-refractivity contribution is 5.76. The number of benzene rings is 8. The molecule has 0 saturated heterocycles. The molecule has 0 bridgehead atoms. The predicted octanol–water partition coefficient (Wildman–Crippen LogP) is 21.6. The summed E-state index contributed by atoms with van der Waals surface area (Å²) in [6, 6.07) is 74.7. The van der Waals surface area contributed by atoms with Gasteiger partial charge in [0.05, 0.1) is 0 Å². The van der Waals surface area contributed by atoms with Crippen LogP contribution in [-0.4, -0.2) is 29.9 Å². The molecule has 10 rings (SSSR count). The molecule has 10 heteroatoms. The van der Waals surface area contributed by atoms with E-state index in [1.807, 2.05) is 102 Å². The Hall–Kier alpha value is -9.54. The number of rotatable bonds is 21. The van der Waals surface area contributed by atoms with E-state index in [1.165, 1.54) is 27.8 Å². The Kier molecular flexibility index (Phi) is 23.8. The van der Waals surface area contributed by atoms with Gasteiger partial charge in [-0.2, -0.15) is 29.9 Å². The van der Waals surface area contributed by atoms with Crippen LogP contribution in [0.5, 0.6) is 0 Å². The molecule has 2 aromatic heterocycles. The normalized spacial score (nSPS) is 12.0. The number of allylic oxidation sites excluding steroid dienone is 1. The molecule has 10 nitrogen and oxygen atoms in total. The topological polar surface area (TPSA) is 108 Å². The van der Waals surface area contributed by atoms with E-state index in [0.29, 0.717) is 64.8 Å². The first-order valence-electron chi connectivity index (χ1n) is 29.9. The van der Waals surface area contributed by atoms with E-state index in [1.54, 1.807) is 6.08 Å². The minimum Gasteiger partial charge on any atom is -0.324 e. The quantitative estimate of drug-likeness (QED) is 0.0676. The molecule has 10 aromatic rings. The average Bonchev–Trinajstić information content (AvgIpc) is 1.76. The minimum atomic E-state index is 0. The highest BCUT2D eigenvalue weighted by Crippen LogP contribution is 2.38. The Bertz CT molecular complexity index is 3560. The zero-order valence-electron chi connectivity index (χ0n) is 51.0. The largest absolute Gasteiger partial charge is 0.324 e. The predicted molar refractivity (Wildman–Crippen MR) is 365 cm³/mol. The molecule has 86 heavy (non-hydrogen) atoms. The molecule has 0 fully saturated rings. The Morgan fingerprint density at radius 3 is 1.12 bits per heavy atom. The number of nitrogens with one attached hydrogen (secondary N) is 2. The van der Waals surface area contributed by atoms with E-state index in [4.69, 9.17) is 15.0 Å². The van der Waals surface area contributed by atoms with Gasteiger partial charge < -0.3 is 10.6 Å². The first-order valence-corrected chi connectivity index (χ1v) is 29.9. The van der Waals surface area contributed by atoms with Gasteiger partial charge in [-0.05, 0) is 145 Å². The molecule has 0 aliphatic heterocycles. The maximum Gasteiger partial charge on any atom is 0.240 e. The van der Waals surface area contributed by atoms with E-state index in [9.17, 15) is 0 Å². The second-order valence-corrected chi connectivity index (χ2v) is 21.6. The Morgan fingerprint density at radius 1 is 0.407 bits per heavy atom. The van der Waals surface area contributed by atoms with Crippen LogP contribution in [-0.2, 0) is 0 Å². The van der Waals surface area contributed by atoms with Crippen LogP contribution in [0.3, 0.4) is 0 Å². The van der Waals surface area contributed by atoms with Gasteiger partial charge in [-0.3, -0.25) is 9.80 Å². The summed E-state index contributed by atoms with van der Waals surface area (Å²) in [5.41, 5.74) is 13.8. The Labute approximate surface area is 513 Å². The van der Waals surface area contributed by atoms with Crippen LogP contribution in [0.25, 0.3) is 22.8 Å². The van der Waals surface area contributed by atoms with Crippen LogP contribution in [0, 0.1) is 6.92 Å². The van der Waals surface area contributed by atoms with E-state index < -0.39 is 0 Å². The molecule has 0 spiro atoms. The van der Waals surface area contributed by atoms with Crippen LogP contribution in [0.2, 0.25) is 0 Å². The summed E-state index contributed by atoms with van der Waals surface area (Å²) in [6.45, 7) is 28.3. The van der Waals surface area contributed by atoms with Gasteiger partial charge in [0.25, 0.3) is 0 Å². The van der Waals surface area contributed by atoms with Gasteiger partial charge in [-0.15, -0.1) is 0 Å². The molecular formula is C76H86N10. The van der Waals surface area contributed by atoms with Crippen molar-refractivity contribution in [1.82, 2.24) is 29.9 Å². The van der Waals surface area contributed by atoms with Gasteiger partial charge >= 0.3 is 0 Å². The van der Waals surface area contributed by atoms with Crippen LogP contribution in [0.4, 0.5) is 52.2 Å². The summed E-state index contributed by atoms with van der Waals surface area (Å²) < 4.78 is 0. The average molecular weight is 1140 g/mol. The number of nitrogens with zero attached hydrogens (tertiary/aromatic N) is 8. The molecule has 0 aliphatic carbocycles. The number of para-hydroxylation sites is 1. The van der Waals surface area contributed by atoms with Crippen molar-refractivity contribution in [3.63, 3.8) is 0 Å². The number of hydrogen-bond acceptors (Lipinski definition) is 10. The van der Waals surface area contributed by atoms with Gasteiger partial charge in [0.15, 0.2) is 11.6 Å². The summed E-state index contributed by atoms with van der Waals surface area (Å²) in [4.78, 5) is 33.3. The standard InChI is InChI=1S/C39H41N5.C29H33N5.C7H8.CH4/c1-7-28(4)31-20-24-35(25-21-31)43(30(6)9-3)38-40-37(33-16-12-10-13-17-33)41-39(42-38)44(34-18-14-11-15-19-34)36-26-22-32(23-27-36)29(5)8-2;1-5-20(3)22-12-16-25(17-13-22)30-28-32-27(24-10-8-7-9-11-24)33-29(34-28)31-26-18-14-23(15-19-26)21(4)6-2;1-7-5-3-2-4-6-7;/h9-29H,3,6-8H2,1-2,4-5H3;7-21H,5-6H2,1-4H3,(H2,30,31,32,33,34);2-6H,1H3;1H4. The number of anilines is 9. The lowest BCUT2D eigenvalue weighted by molar-refractivity contribution is 0.733. The lowest BCUT2D eigenvalue weighted by atomic mass is 9.98.